The van der Waals surface area contributed by atoms with Gasteiger partial charge in [-0.2, -0.15) is 0 Å². The smallest absolute Gasteiger partial charge is 0.226 e. The molecule has 1 N–H and O–H groups in total. The standard InChI is InChI=1S/C13H28N2O/c1-6-11(4)10-15(8-3)13(16)12(5)9-14-7-2/h11-12,14H,6-10H2,1-5H3. The molecule has 0 fully saturated rings. The molecule has 0 radical (unpaired) electrons. The second-order valence-corrected chi connectivity index (χ2v) is 4.60. The highest BCUT2D eigenvalue weighted by Crippen LogP contribution is 2.08. The fraction of sp³-hybridized carbons (Fsp3) is 0.923. The van der Waals surface area contributed by atoms with Crippen molar-refractivity contribution in [2.24, 2.45) is 11.8 Å². The average molecular weight is 228 g/mol. The summed E-state index contributed by atoms with van der Waals surface area (Å²) in [4.78, 5) is 14.1. The average Bonchev–Trinajstić information content (AvgIpc) is 2.31. The molecule has 2 unspecified atom stereocenters. The van der Waals surface area contributed by atoms with Crippen LogP contribution in [0.25, 0.3) is 0 Å². The predicted octanol–water partition coefficient (Wildman–Crippen LogP) is 2.13. The van der Waals surface area contributed by atoms with E-state index < -0.39 is 0 Å². The van der Waals surface area contributed by atoms with E-state index in [1.54, 1.807) is 0 Å². The second-order valence-electron chi connectivity index (χ2n) is 4.60. The van der Waals surface area contributed by atoms with E-state index in [-0.39, 0.29) is 11.8 Å². The summed E-state index contributed by atoms with van der Waals surface area (Å²) < 4.78 is 0. The molecule has 0 saturated heterocycles. The molecule has 0 aromatic carbocycles. The van der Waals surface area contributed by atoms with Gasteiger partial charge in [0.05, 0.1) is 0 Å². The minimum absolute atomic E-state index is 0.0870. The number of nitrogens with zero attached hydrogens (tertiary/aromatic N) is 1. The molecule has 1 amide bonds. The van der Waals surface area contributed by atoms with Crippen molar-refractivity contribution in [2.75, 3.05) is 26.2 Å². The summed E-state index contributed by atoms with van der Waals surface area (Å²) in [5, 5.41) is 3.23. The Morgan fingerprint density at radius 2 is 1.88 bits per heavy atom. The van der Waals surface area contributed by atoms with Crippen LogP contribution in [0.5, 0.6) is 0 Å². The van der Waals surface area contributed by atoms with Gasteiger partial charge in [0.1, 0.15) is 0 Å². The van der Waals surface area contributed by atoms with Crippen LogP contribution < -0.4 is 5.32 Å². The van der Waals surface area contributed by atoms with Gasteiger partial charge < -0.3 is 10.2 Å². The molecule has 0 aromatic rings. The van der Waals surface area contributed by atoms with Crippen LogP contribution in [-0.2, 0) is 4.79 Å². The summed E-state index contributed by atoms with van der Waals surface area (Å²) in [6.45, 7) is 13.9. The molecule has 0 aliphatic carbocycles. The van der Waals surface area contributed by atoms with Crippen LogP contribution in [0.4, 0.5) is 0 Å². The van der Waals surface area contributed by atoms with E-state index in [0.717, 1.165) is 32.6 Å². The van der Waals surface area contributed by atoms with E-state index in [2.05, 4.69) is 33.0 Å². The van der Waals surface area contributed by atoms with Gasteiger partial charge >= 0.3 is 0 Å². The van der Waals surface area contributed by atoms with Gasteiger partial charge in [-0.15, -0.1) is 0 Å². The first-order valence-electron chi connectivity index (χ1n) is 6.56. The van der Waals surface area contributed by atoms with E-state index in [1.165, 1.54) is 0 Å². The quantitative estimate of drug-likeness (QED) is 0.690. The summed E-state index contributed by atoms with van der Waals surface area (Å²) in [5.74, 6) is 0.961. The van der Waals surface area contributed by atoms with E-state index in [0.29, 0.717) is 5.92 Å². The lowest BCUT2D eigenvalue weighted by Gasteiger charge is -2.27. The van der Waals surface area contributed by atoms with E-state index in [1.807, 2.05) is 11.8 Å². The third kappa shape index (κ3) is 5.50. The lowest BCUT2D eigenvalue weighted by atomic mass is 10.1. The zero-order valence-electron chi connectivity index (χ0n) is 11.5. The van der Waals surface area contributed by atoms with Gasteiger partial charge in [-0.3, -0.25) is 4.79 Å². The minimum Gasteiger partial charge on any atom is -0.342 e. The van der Waals surface area contributed by atoms with Gasteiger partial charge in [0.15, 0.2) is 0 Å². The third-order valence-electron chi connectivity index (χ3n) is 3.04. The number of amides is 1. The summed E-state index contributed by atoms with van der Waals surface area (Å²) >= 11 is 0. The Morgan fingerprint density at radius 1 is 1.25 bits per heavy atom. The van der Waals surface area contributed by atoms with Crippen LogP contribution in [0, 0.1) is 11.8 Å². The normalized spacial score (nSPS) is 14.6. The molecule has 2 atom stereocenters. The molecule has 0 rings (SSSR count). The molecule has 0 bridgehead atoms. The lowest BCUT2D eigenvalue weighted by Crippen LogP contribution is -2.41. The fourth-order valence-corrected chi connectivity index (χ4v) is 1.64. The van der Waals surface area contributed by atoms with Gasteiger partial charge in [-0.25, -0.2) is 0 Å². The van der Waals surface area contributed by atoms with Crippen molar-refractivity contribution in [1.82, 2.24) is 10.2 Å². The molecule has 3 nitrogen and oxygen atoms in total. The van der Waals surface area contributed by atoms with Crippen LogP contribution in [0.1, 0.15) is 41.0 Å². The van der Waals surface area contributed by atoms with Crippen LogP contribution in [0.15, 0.2) is 0 Å². The van der Waals surface area contributed by atoms with E-state index >= 15 is 0 Å². The molecule has 3 heteroatoms. The number of carbonyl (C=O) groups excluding carboxylic acids is 1. The Morgan fingerprint density at radius 3 is 2.31 bits per heavy atom. The molecule has 0 heterocycles. The highest BCUT2D eigenvalue weighted by molar-refractivity contribution is 5.78. The van der Waals surface area contributed by atoms with E-state index in [4.69, 9.17) is 0 Å². The van der Waals surface area contributed by atoms with Crippen molar-refractivity contribution in [1.29, 1.82) is 0 Å². The van der Waals surface area contributed by atoms with Crippen LogP contribution in [-0.4, -0.2) is 37.0 Å². The summed E-state index contributed by atoms with van der Waals surface area (Å²) in [6, 6.07) is 0. The van der Waals surface area contributed by atoms with Crippen molar-refractivity contribution in [2.45, 2.75) is 41.0 Å². The SMILES string of the molecule is CCNCC(C)C(=O)N(CC)CC(C)CC. The minimum atomic E-state index is 0.0870. The van der Waals surface area contributed by atoms with Crippen molar-refractivity contribution in [3.63, 3.8) is 0 Å². The molecule has 96 valence electrons. The molecule has 0 aliphatic rings. The maximum atomic E-state index is 12.1. The highest BCUT2D eigenvalue weighted by Gasteiger charge is 2.19. The molecule has 0 aromatic heterocycles. The highest BCUT2D eigenvalue weighted by atomic mass is 16.2. The molecular formula is C13H28N2O. The van der Waals surface area contributed by atoms with Gasteiger partial charge in [0.25, 0.3) is 0 Å². The maximum Gasteiger partial charge on any atom is 0.226 e. The van der Waals surface area contributed by atoms with Crippen LogP contribution in [0.2, 0.25) is 0 Å². The van der Waals surface area contributed by atoms with Crippen molar-refractivity contribution < 1.29 is 4.79 Å². The predicted molar refractivity (Wildman–Crippen MR) is 69.4 cm³/mol. The summed E-state index contributed by atoms with van der Waals surface area (Å²) in [6.07, 6.45) is 1.13. The summed E-state index contributed by atoms with van der Waals surface area (Å²) in [5.41, 5.74) is 0. The van der Waals surface area contributed by atoms with Gasteiger partial charge in [0, 0.05) is 25.6 Å². The van der Waals surface area contributed by atoms with Crippen molar-refractivity contribution >= 4 is 5.91 Å². The Hall–Kier alpha value is -0.570. The zero-order chi connectivity index (χ0) is 12.6. The first-order chi connectivity index (χ1) is 7.56. The van der Waals surface area contributed by atoms with Gasteiger partial charge in [0.2, 0.25) is 5.91 Å². The molecule has 0 aliphatic heterocycles. The number of hydrogen-bond acceptors (Lipinski definition) is 2. The lowest BCUT2D eigenvalue weighted by molar-refractivity contribution is -0.135. The monoisotopic (exact) mass is 228 g/mol. The molecular weight excluding hydrogens is 200 g/mol. The van der Waals surface area contributed by atoms with Gasteiger partial charge in [-0.05, 0) is 19.4 Å². The molecule has 0 saturated carbocycles. The molecule has 0 spiro atoms. The Labute approximate surface area is 101 Å². The fourth-order valence-electron chi connectivity index (χ4n) is 1.64. The number of hydrogen-bond donors (Lipinski definition) is 1. The molecule has 16 heavy (non-hydrogen) atoms. The number of rotatable bonds is 8. The largest absolute Gasteiger partial charge is 0.342 e. The topological polar surface area (TPSA) is 32.3 Å². The van der Waals surface area contributed by atoms with Crippen molar-refractivity contribution in [3.05, 3.63) is 0 Å². The van der Waals surface area contributed by atoms with Crippen LogP contribution >= 0.6 is 0 Å². The van der Waals surface area contributed by atoms with E-state index in [9.17, 15) is 4.79 Å². The number of carbonyl (C=O) groups is 1. The zero-order valence-corrected chi connectivity index (χ0v) is 11.5. The summed E-state index contributed by atoms with van der Waals surface area (Å²) in [7, 11) is 0. The Balaban J connectivity index is 4.18. The number of nitrogens with one attached hydrogen (secondary N) is 1. The first kappa shape index (κ1) is 15.4. The Bertz CT molecular complexity index is 194. The first-order valence-corrected chi connectivity index (χ1v) is 6.56. The van der Waals surface area contributed by atoms with Crippen LogP contribution in [0.3, 0.4) is 0 Å². The van der Waals surface area contributed by atoms with Crippen molar-refractivity contribution in [3.8, 4) is 0 Å². The maximum absolute atomic E-state index is 12.1. The third-order valence-corrected chi connectivity index (χ3v) is 3.04. The van der Waals surface area contributed by atoms with Gasteiger partial charge in [-0.1, -0.05) is 34.1 Å². The second kappa shape index (κ2) is 8.57. The Kier molecular flexibility index (Phi) is 8.26.